The Labute approximate surface area is 80.7 Å². The van der Waals surface area contributed by atoms with Crippen LogP contribution in [0.25, 0.3) is 0 Å². The maximum atomic E-state index is 8.86. The minimum Gasteiger partial charge on any atom is -0.388 e. The van der Waals surface area contributed by atoms with Gasteiger partial charge in [-0.25, -0.2) is 0 Å². The molecule has 1 aromatic heterocycles. The van der Waals surface area contributed by atoms with Crippen molar-refractivity contribution in [2.45, 2.75) is 12.8 Å². The Morgan fingerprint density at radius 3 is 2.77 bits per heavy atom. The van der Waals surface area contributed by atoms with E-state index in [1.165, 1.54) is 24.4 Å². The molecular weight excluding hydrogens is 184 g/mol. The number of nitrogens with zero attached hydrogens (tertiary/aromatic N) is 3. The van der Waals surface area contributed by atoms with E-state index >= 15 is 0 Å². The highest BCUT2D eigenvalue weighted by molar-refractivity contribution is 7.10. The van der Waals surface area contributed by atoms with E-state index in [4.69, 9.17) is 11.0 Å². The number of nitriles is 1. The van der Waals surface area contributed by atoms with Crippen molar-refractivity contribution in [3.63, 3.8) is 0 Å². The molecule has 2 rings (SSSR count). The van der Waals surface area contributed by atoms with Crippen LogP contribution in [-0.2, 0) is 0 Å². The van der Waals surface area contributed by atoms with Crippen molar-refractivity contribution in [1.29, 1.82) is 5.26 Å². The van der Waals surface area contributed by atoms with Crippen molar-refractivity contribution in [2.24, 2.45) is 0 Å². The third-order valence-electron chi connectivity index (χ3n) is 2.22. The van der Waals surface area contributed by atoms with E-state index in [1.807, 2.05) is 0 Å². The van der Waals surface area contributed by atoms with Crippen LogP contribution in [0.4, 0.5) is 10.8 Å². The second-order valence-corrected chi connectivity index (χ2v) is 3.86. The molecule has 0 atom stereocenters. The average Bonchev–Trinajstić information content (AvgIpc) is 2.71. The smallest absolute Gasteiger partial charge is 0.162 e. The van der Waals surface area contributed by atoms with Gasteiger partial charge in [-0.05, 0) is 24.4 Å². The summed E-state index contributed by atoms with van der Waals surface area (Å²) in [4.78, 5) is 2.13. The van der Waals surface area contributed by atoms with Crippen molar-refractivity contribution in [3.8, 4) is 6.07 Å². The lowest BCUT2D eigenvalue weighted by Gasteiger charge is -2.13. The maximum Gasteiger partial charge on any atom is 0.162 e. The molecular formula is C8H10N4S. The number of anilines is 2. The molecule has 1 aliphatic heterocycles. The molecule has 0 saturated carbocycles. The molecule has 1 aliphatic rings. The van der Waals surface area contributed by atoms with Crippen LogP contribution in [0, 0.1) is 11.3 Å². The van der Waals surface area contributed by atoms with Crippen LogP contribution in [0.1, 0.15) is 18.4 Å². The summed E-state index contributed by atoms with van der Waals surface area (Å²) in [5, 5.41) is 9.39. The number of hydrogen-bond donors (Lipinski definition) is 1. The van der Waals surface area contributed by atoms with Crippen molar-refractivity contribution in [2.75, 3.05) is 23.7 Å². The first kappa shape index (κ1) is 8.32. The molecule has 0 spiro atoms. The third-order valence-corrected chi connectivity index (χ3v) is 2.88. The standard InChI is InChI=1S/C8H10N4S/c9-5-6-7(10)13-11-8(6)12-3-1-2-4-12/h1-4,10H2. The van der Waals surface area contributed by atoms with Crippen molar-refractivity contribution in [1.82, 2.24) is 4.37 Å². The second kappa shape index (κ2) is 3.23. The van der Waals surface area contributed by atoms with Crippen LogP contribution < -0.4 is 10.6 Å². The fourth-order valence-electron chi connectivity index (χ4n) is 1.54. The van der Waals surface area contributed by atoms with Gasteiger partial charge >= 0.3 is 0 Å². The summed E-state index contributed by atoms with van der Waals surface area (Å²) >= 11 is 1.21. The predicted octanol–water partition coefficient (Wildman–Crippen LogP) is 1.20. The Hall–Kier alpha value is -1.28. The Kier molecular flexibility index (Phi) is 2.07. The summed E-state index contributed by atoms with van der Waals surface area (Å²) in [6.45, 7) is 2.00. The molecule has 1 aromatic rings. The van der Waals surface area contributed by atoms with Crippen LogP contribution in [0.15, 0.2) is 0 Å². The van der Waals surface area contributed by atoms with E-state index in [0.717, 1.165) is 18.9 Å². The molecule has 0 amide bonds. The number of nitrogen functional groups attached to an aromatic ring is 1. The van der Waals surface area contributed by atoms with E-state index in [9.17, 15) is 0 Å². The Morgan fingerprint density at radius 1 is 1.46 bits per heavy atom. The lowest BCUT2D eigenvalue weighted by atomic mass is 10.3. The Balaban J connectivity index is 2.34. The Bertz CT molecular complexity index is 346. The zero-order chi connectivity index (χ0) is 9.26. The van der Waals surface area contributed by atoms with Crippen LogP contribution in [0.5, 0.6) is 0 Å². The molecule has 1 fully saturated rings. The molecule has 2 heterocycles. The van der Waals surface area contributed by atoms with Gasteiger partial charge in [0.1, 0.15) is 16.6 Å². The highest BCUT2D eigenvalue weighted by Crippen LogP contribution is 2.29. The van der Waals surface area contributed by atoms with E-state index in [1.54, 1.807) is 0 Å². The highest BCUT2D eigenvalue weighted by Gasteiger charge is 2.20. The van der Waals surface area contributed by atoms with Gasteiger partial charge in [-0.3, -0.25) is 0 Å². The fourth-order valence-corrected chi connectivity index (χ4v) is 2.16. The molecule has 2 N–H and O–H groups in total. The largest absolute Gasteiger partial charge is 0.388 e. The molecule has 0 aliphatic carbocycles. The van der Waals surface area contributed by atoms with Crippen LogP contribution in [0.3, 0.4) is 0 Å². The molecule has 5 heteroatoms. The fraction of sp³-hybridized carbons (Fsp3) is 0.500. The molecule has 13 heavy (non-hydrogen) atoms. The van der Waals surface area contributed by atoms with Gasteiger partial charge in [0.15, 0.2) is 5.82 Å². The SMILES string of the molecule is N#Cc1c(N2CCCC2)nsc1N. The molecule has 4 nitrogen and oxygen atoms in total. The van der Waals surface area contributed by atoms with Crippen LogP contribution >= 0.6 is 11.5 Å². The zero-order valence-electron chi connectivity index (χ0n) is 7.16. The van der Waals surface area contributed by atoms with E-state index in [0.29, 0.717) is 10.6 Å². The van der Waals surface area contributed by atoms with Gasteiger partial charge in [-0.15, -0.1) is 0 Å². The van der Waals surface area contributed by atoms with Gasteiger partial charge in [-0.1, -0.05) is 0 Å². The highest BCUT2D eigenvalue weighted by atomic mass is 32.1. The first-order valence-corrected chi connectivity index (χ1v) is 5.00. The summed E-state index contributed by atoms with van der Waals surface area (Å²) in [6.07, 6.45) is 2.37. The lowest BCUT2D eigenvalue weighted by Crippen LogP contribution is -2.18. The minimum atomic E-state index is 0.532. The summed E-state index contributed by atoms with van der Waals surface area (Å²) in [6, 6.07) is 2.10. The zero-order valence-corrected chi connectivity index (χ0v) is 7.97. The van der Waals surface area contributed by atoms with Crippen molar-refractivity contribution in [3.05, 3.63) is 5.56 Å². The average molecular weight is 194 g/mol. The van der Waals surface area contributed by atoms with Crippen molar-refractivity contribution < 1.29 is 0 Å². The molecule has 1 saturated heterocycles. The first-order chi connectivity index (χ1) is 6.33. The molecule has 0 bridgehead atoms. The van der Waals surface area contributed by atoms with Gasteiger partial charge in [0.2, 0.25) is 0 Å². The summed E-state index contributed by atoms with van der Waals surface area (Å²) in [5.41, 5.74) is 6.17. The Morgan fingerprint density at radius 2 is 2.15 bits per heavy atom. The predicted molar refractivity (Wildman–Crippen MR) is 52.7 cm³/mol. The minimum absolute atomic E-state index is 0.532. The first-order valence-electron chi connectivity index (χ1n) is 4.23. The number of rotatable bonds is 1. The van der Waals surface area contributed by atoms with E-state index < -0.39 is 0 Å². The van der Waals surface area contributed by atoms with Gasteiger partial charge < -0.3 is 10.6 Å². The maximum absolute atomic E-state index is 8.86. The van der Waals surface area contributed by atoms with Gasteiger partial charge in [0.25, 0.3) is 0 Å². The lowest BCUT2D eigenvalue weighted by molar-refractivity contribution is 0.949. The van der Waals surface area contributed by atoms with Gasteiger partial charge in [0, 0.05) is 13.1 Å². The summed E-state index contributed by atoms with van der Waals surface area (Å²) in [5.74, 6) is 0.780. The number of nitrogens with two attached hydrogens (primary N) is 1. The monoisotopic (exact) mass is 194 g/mol. The molecule has 0 aromatic carbocycles. The number of aromatic nitrogens is 1. The summed E-state index contributed by atoms with van der Waals surface area (Å²) in [7, 11) is 0. The topological polar surface area (TPSA) is 65.9 Å². The quantitative estimate of drug-likeness (QED) is 0.729. The van der Waals surface area contributed by atoms with E-state index in [2.05, 4.69) is 15.3 Å². The second-order valence-electron chi connectivity index (χ2n) is 3.05. The normalized spacial score (nSPS) is 16.1. The molecule has 68 valence electrons. The van der Waals surface area contributed by atoms with Crippen LogP contribution in [0.2, 0.25) is 0 Å². The van der Waals surface area contributed by atoms with E-state index in [-0.39, 0.29) is 0 Å². The molecule has 0 unspecified atom stereocenters. The summed E-state index contributed by atoms with van der Waals surface area (Å²) < 4.78 is 4.19. The number of hydrogen-bond acceptors (Lipinski definition) is 5. The van der Waals surface area contributed by atoms with Crippen LogP contribution in [-0.4, -0.2) is 17.5 Å². The molecule has 0 radical (unpaired) electrons. The van der Waals surface area contributed by atoms with Crippen molar-refractivity contribution >= 4 is 22.4 Å². The van der Waals surface area contributed by atoms with Gasteiger partial charge in [0.05, 0.1) is 0 Å². The van der Waals surface area contributed by atoms with Gasteiger partial charge in [-0.2, -0.15) is 9.64 Å². The third kappa shape index (κ3) is 1.33.